The van der Waals surface area contributed by atoms with Gasteiger partial charge in [-0.15, -0.1) is 0 Å². The maximum Gasteiger partial charge on any atom is 0.327 e. The summed E-state index contributed by atoms with van der Waals surface area (Å²) in [7, 11) is -3.57. The highest BCUT2D eigenvalue weighted by Crippen LogP contribution is 2.44. The quantitative estimate of drug-likeness (QED) is 0.0378. The van der Waals surface area contributed by atoms with Gasteiger partial charge in [0.2, 0.25) is 11.8 Å². The van der Waals surface area contributed by atoms with Gasteiger partial charge in [-0.05, 0) is 88.4 Å². The van der Waals surface area contributed by atoms with Crippen LogP contribution in [0.3, 0.4) is 0 Å². The predicted molar refractivity (Wildman–Crippen MR) is 161 cm³/mol. The lowest BCUT2D eigenvalue weighted by molar-refractivity contribution is -0.354. The van der Waals surface area contributed by atoms with E-state index in [-0.39, 0.29) is 44.5 Å². The van der Waals surface area contributed by atoms with Crippen LogP contribution in [0.25, 0.3) is 0 Å². The van der Waals surface area contributed by atoms with Crippen molar-refractivity contribution in [3.05, 3.63) is 24.9 Å². The topological polar surface area (TPSA) is 129 Å². The third-order valence-corrected chi connectivity index (χ3v) is 6.06. The van der Waals surface area contributed by atoms with E-state index >= 15 is 0 Å². The fraction of sp³-hybridized carbons (Fsp3) is 0.793. The molecule has 13 heteroatoms. The number of carbonyl (C=O) groups is 1. The van der Waals surface area contributed by atoms with Crippen LogP contribution in [0.2, 0.25) is 0 Å². The summed E-state index contributed by atoms with van der Waals surface area (Å²) in [5, 5.41) is 8.82. The van der Waals surface area contributed by atoms with Gasteiger partial charge in [-0.25, -0.2) is 0 Å². The fourth-order valence-corrected chi connectivity index (χ4v) is 4.11. The highest BCUT2D eigenvalue weighted by atomic mass is 31.2. The Morgan fingerprint density at radius 2 is 1.45 bits per heavy atom. The first-order valence-corrected chi connectivity index (χ1v) is 16.1. The zero-order valence-electron chi connectivity index (χ0n) is 27.6. The molecule has 0 aromatic carbocycles. The number of esters is 1. The Kier molecular flexibility index (Phi) is 17.0. The predicted octanol–water partition coefficient (Wildman–Crippen LogP) is 6.31. The minimum atomic E-state index is -3.57. The van der Waals surface area contributed by atoms with Gasteiger partial charge < -0.3 is 23.6 Å². The summed E-state index contributed by atoms with van der Waals surface area (Å²) in [6, 6.07) is 1.21. The SMILES string of the molecule is C=C(OOC(C)(C)C)N(C(=C)OOC(C)(C)C)C(COP(C)(=O)OCCC#N)CN(CCCC)CC(=O)OC(C)(C)C. The van der Waals surface area contributed by atoms with Gasteiger partial charge in [-0.3, -0.25) is 19.2 Å². The van der Waals surface area contributed by atoms with E-state index in [2.05, 4.69) is 13.2 Å². The number of unbranched alkanes of at least 4 members (excludes halogenated alkanes) is 1. The van der Waals surface area contributed by atoms with Crippen LogP contribution in [-0.4, -0.2) is 78.1 Å². The molecule has 0 saturated carbocycles. The van der Waals surface area contributed by atoms with Crippen LogP contribution in [0, 0.1) is 11.3 Å². The van der Waals surface area contributed by atoms with E-state index in [1.165, 1.54) is 11.6 Å². The molecule has 0 aliphatic rings. The molecular weight excluding hydrogens is 565 g/mol. The summed E-state index contributed by atoms with van der Waals surface area (Å²) in [4.78, 5) is 38.3. The van der Waals surface area contributed by atoms with Gasteiger partial charge in [0.1, 0.15) is 16.8 Å². The second kappa shape index (κ2) is 17.9. The van der Waals surface area contributed by atoms with Crippen LogP contribution in [0.4, 0.5) is 0 Å². The molecule has 0 rings (SSSR count). The Morgan fingerprint density at radius 1 is 0.929 bits per heavy atom. The molecule has 0 radical (unpaired) electrons. The van der Waals surface area contributed by atoms with E-state index in [9.17, 15) is 9.36 Å². The lowest BCUT2D eigenvalue weighted by atomic mass is 10.2. The molecule has 244 valence electrons. The minimum absolute atomic E-state index is 0.00919. The lowest BCUT2D eigenvalue weighted by Crippen LogP contribution is -2.48. The smallest absolute Gasteiger partial charge is 0.327 e. The maximum absolute atomic E-state index is 13.0. The number of carbonyl (C=O) groups excluding carboxylic acids is 1. The van der Waals surface area contributed by atoms with E-state index in [0.29, 0.717) is 6.54 Å². The lowest BCUT2D eigenvalue weighted by Gasteiger charge is -2.37. The molecule has 0 aromatic rings. The van der Waals surface area contributed by atoms with Crippen LogP contribution in [-0.2, 0) is 42.7 Å². The van der Waals surface area contributed by atoms with Crippen molar-refractivity contribution in [1.82, 2.24) is 9.80 Å². The largest absolute Gasteiger partial charge is 0.459 e. The van der Waals surface area contributed by atoms with Crippen molar-refractivity contribution in [2.75, 3.05) is 39.5 Å². The first kappa shape index (κ1) is 39.9. The molecule has 0 heterocycles. The second-order valence-corrected chi connectivity index (χ2v) is 14.9. The minimum Gasteiger partial charge on any atom is -0.459 e. The molecule has 12 nitrogen and oxygen atoms in total. The van der Waals surface area contributed by atoms with E-state index < -0.39 is 36.4 Å². The monoisotopic (exact) mass is 619 g/mol. The highest BCUT2D eigenvalue weighted by Gasteiger charge is 2.33. The number of hydrogen-bond acceptors (Lipinski definition) is 12. The summed E-state index contributed by atoms with van der Waals surface area (Å²) in [6.07, 6.45) is 1.74. The number of hydrogen-bond donors (Lipinski definition) is 0. The van der Waals surface area contributed by atoms with E-state index in [1.807, 2.05) is 17.9 Å². The molecular formula is C29H54N3O9P. The summed E-state index contributed by atoms with van der Waals surface area (Å²) >= 11 is 0. The molecule has 0 aliphatic heterocycles. The molecule has 0 bridgehead atoms. The van der Waals surface area contributed by atoms with Crippen molar-refractivity contribution in [3.8, 4) is 6.07 Å². The van der Waals surface area contributed by atoms with Gasteiger partial charge in [-0.1, -0.05) is 13.3 Å². The molecule has 0 aliphatic carbocycles. The molecule has 0 amide bonds. The van der Waals surface area contributed by atoms with Gasteiger partial charge in [0.05, 0.1) is 38.3 Å². The van der Waals surface area contributed by atoms with Crippen molar-refractivity contribution >= 4 is 13.6 Å². The molecule has 0 aromatic heterocycles. The molecule has 0 fully saturated rings. The average molecular weight is 620 g/mol. The number of nitriles is 1. The molecule has 2 atom stereocenters. The first-order valence-electron chi connectivity index (χ1n) is 14.2. The summed E-state index contributed by atoms with van der Waals surface area (Å²) in [5.41, 5.74) is -2.01. The third kappa shape index (κ3) is 19.9. The van der Waals surface area contributed by atoms with Gasteiger partial charge in [0.15, 0.2) is 0 Å². The number of nitrogens with zero attached hydrogens (tertiary/aromatic N) is 3. The van der Waals surface area contributed by atoms with Gasteiger partial charge in [0, 0.05) is 13.2 Å². The Labute approximate surface area is 253 Å². The number of rotatable bonds is 20. The van der Waals surface area contributed by atoms with Crippen molar-refractivity contribution in [2.45, 2.75) is 111 Å². The highest BCUT2D eigenvalue weighted by molar-refractivity contribution is 7.52. The van der Waals surface area contributed by atoms with Crippen LogP contribution < -0.4 is 0 Å². The van der Waals surface area contributed by atoms with E-state index in [0.717, 1.165) is 12.8 Å². The summed E-state index contributed by atoms with van der Waals surface area (Å²) in [6.45, 7) is 28.1. The Balaban J connectivity index is 6.43. The average Bonchev–Trinajstić information content (AvgIpc) is 2.81. The van der Waals surface area contributed by atoms with Crippen LogP contribution >= 0.6 is 7.60 Å². The van der Waals surface area contributed by atoms with Crippen LogP contribution in [0.5, 0.6) is 0 Å². The molecule has 0 spiro atoms. The van der Waals surface area contributed by atoms with Gasteiger partial charge >= 0.3 is 13.6 Å². The Bertz CT molecular complexity index is 916. The van der Waals surface area contributed by atoms with Crippen molar-refractivity contribution < 1.29 is 42.7 Å². The summed E-state index contributed by atoms with van der Waals surface area (Å²) < 4.78 is 29.7. The van der Waals surface area contributed by atoms with E-state index in [4.69, 9.17) is 38.6 Å². The Hall–Kier alpha value is -2.13. The standard InChI is InChI=1S/C29H54N3O9P/c1-14-15-18-31(21-26(33)37-27(4,5)6)20-25(22-36-42(13,34)35-19-16-17-30)32(23(2)38-40-28(7,8)9)24(3)39-41-29(10,11)12/h25H,2-3,14-16,18-22H2,1,4-13H3. The zero-order valence-corrected chi connectivity index (χ0v) is 28.5. The third-order valence-electron chi connectivity index (χ3n) is 4.79. The second-order valence-electron chi connectivity index (χ2n) is 12.9. The fourth-order valence-electron chi connectivity index (χ4n) is 3.17. The zero-order chi connectivity index (χ0) is 32.8. The molecule has 2 unspecified atom stereocenters. The van der Waals surface area contributed by atoms with Gasteiger partial charge in [-0.2, -0.15) is 15.0 Å². The summed E-state index contributed by atoms with van der Waals surface area (Å²) in [5.74, 6) is -0.418. The first-order chi connectivity index (χ1) is 19.1. The number of ether oxygens (including phenoxy) is 1. The normalized spacial score (nSPS) is 14.5. The van der Waals surface area contributed by atoms with Crippen LogP contribution in [0.1, 0.15) is 88.5 Å². The van der Waals surface area contributed by atoms with Crippen molar-refractivity contribution in [2.24, 2.45) is 0 Å². The molecule has 0 N–H and O–H groups in total. The molecule has 42 heavy (non-hydrogen) atoms. The van der Waals surface area contributed by atoms with Crippen LogP contribution in [0.15, 0.2) is 24.9 Å². The molecule has 0 saturated heterocycles. The van der Waals surface area contributed by atoms with E-state index in [1.54, 1.807) is 62.3 Å². The maximum atomic E-state index is 13.0. The Morgan fingerprint density at radius 3 is 1.88 bits per heavy atom. The van der Waals surface area contributed by atoms with Crippen molar-refractivity contribution in [3.63, 3.8) is 0 Å². The van der Waals surface area contributed by atoms with Gasteiger partial charge in [0.25, 0.3) is 0 Å². The van der Waals surface area contributed by atoms with Crippen molar-refractivity contribution in [1.29, 1.82) is 5.26 Å².